The van der Waals surface area contributed by atoms with Gasteiger partial charge < -0.3 is 5.32 Å². The molecular weight excluding hydrogens is 194 g/mol. The summed E-state index contributed by atoms with van der Waals surface area (Å²) >= 11 is 0. The summed E-state index contributed by atoms with van der Waals surface area (Å²) in [6.07, 6.45) is 15.6. The third-order valence-corrected chi connectivity index (χ3v) is 4.96. The van der Waals surface area contributed by atoms with Crippen LogP contribution < -0.4 is 5.32 Å². The second-order valence-corrected chi connectivity index (χ2v) is 6.02. The van der Waals surface area contributed by atoms with E-state index in [-0.39, 0.29) is 0 Å². The molecular formula is C15H25N. The molecule has 3 atom stereocenters. The third-order valence-electron chi connectivity index (χ3n) is 4.96. The fourth-order valence-electron chi connectivity index (χ4n) is 4.05. The monoisotopic (exact) mass is 219 g/mol. The van der Waals surface area contributed by atoms with Gasteiger partial charge in [0.05, 0.1) is 0 Å². The maximum Gasteiger partial charge on any atom is 0.0104 e. The predicted octanol–water partition coefficient (Wildman–Crippen LogP) is 3.66. The molecule has 0 amide bonds. The van der Waals surface area contributed by atoms with Crippen LogP contribution in [0.25, 0.3) is 0 Å². The van der Waals surface area contributed by atoms with Crippen molar-refractivity contribution in [2.24, 2.45) is 11.8 Å². The van der Waals surface area contributed by atoms with E-state index in [2.05, 4.69) is 11.4 Å². The van der Waals surface area contributed by atoms with Crippen LogP contribution in [0, 0.1) is 11.8 Å². The van der Waals surface area contributed by atoms with Gasteiger partial charge in [-0.3, -0.25) is 0 Å². The Kier molecular flexibility index (Phi) is 3.32. The van der Waals surface area contributed by atoms with Gasteiger partial charge in [0.2, 0.25) is 0 Å². The predicted molar refractivity (Wildman–Crippen MR) is 68.4 cm³/mol. The van der Waals surface area contributed by atoms with Crippen molar-refractivity contribution < 1.29 is 0 Å². The van der Waals surface area contributed by atoms with Crippen molar-refractivity contribution in [2.45, 2.75) is 63.8 Å². The van der Waals surface area contributed by atoms with Crippen molar-refractivity contribution in [1.29, 1.82) is 0 Å². The van der Waals surface area contributed by atoms with Gasteiger partial charge in [-0.25, -0.2) is 0 Å². The number of nitrogens with one attached hydrogen (secondary N) is 1. The average molecular weight is 219 g/mol. The third kappa shape index (κ3) is 2.20. The van der Waals surface area contributed by atoms with Gasteiger partial charge in [-0.2, -0.15) is 0 Å². The second-order valence-electron chi connectivity index (χ2n) is 6.02. The molecule has 90 valence electrons. The van der Waals surface area contributed by atoms with Crippen molar-refractivity contribution in [3.05, 3.63) is 11.6 Å². The smallest absolute Gasteiger partial charge is 0.0104 e. The van der Waals surface area contributed by atoms with Crippen LogP contribution in [0.3, 0.4) is 0 Å². The topological polar surface area (TPSA) is 12.0 Å². The van der Waals surface area contributed by atoms with Crippen LogP contribution in [0.15, 0.2) is 11.6 Å². The number of piperidine rings is 1. The molecule has 1 saturated carbocycles. The van der Waals surface area contributed by atoms with Crippen LogP contribution in [0.1, 0.15) is 57.8 Å². The van der Waals surface area contributed by atoms with Gasteiger partial charge in [-0.05, 0) is 56.9 Å². The molecule has 0 spiro atoms. The van der Waals surface area contributed by atoms with Crippen molar-refractivity contribution in [1.82, 2.24) is 5.32 Å². The molecule has 1 nitrogen and oxygen atoms in total. The minimum Gasteiger partial charge on any atom is -0.314 e. The Hall–Kier alpha value is -0.300. The first-order valence-corrected chi connectivity index (χ1v) is 7.36. The van der Waals surface area contributed by atoms with E-state index in [0.717, 1.165) is 17.9 Å². The van der Waals surface area contributed by atoms with E-state index in [0.29, 0.717) is 0 Å². The Morgan fingerprint density at radius 3 is 2.81 bits per heavy atom. The first-order chi connectivity index (χ1) is 7.93. The van der Waals surface area contributed by atoms with Crippen LogP contribution in [-0.2, 0) is 0 Å². The summed E-state index contributed by atoms with van der Waals surface area (Å²) in [5.74, 6) is 2.02. The van der Waals surface area contributed by atoms with E-state index < -0.39 is 0 Å². The molecule has 1 heteroatoms. The van der Waals surface area contributed by atoms with E-state index in [9.17, 15) is 0 Å². The Morgan fingerprint density at radius 2 is 1.94 bits per heavy atom. The van der Waals surface area contributed by atoms with Gasteiger partial charge in [0.1, 0.15) is 0 Å². The van der Waals surface area contributed by atoms with E-state index in [1.165, 1.54) is 64.3 Å². The zero-order chi connectivity index (χ0) is 10.8. The number of allylic oxidation sites excluding steroid dienone is 1. The molecule has 0 radical (unpaired) electrons. The van der Waals surface area contributed by atoms with Crippen LogP contribution >= 0.6 is 0 Å². The number of hydrogen-bond acceptors (Lipinski definition) is 1. The molecule has 3 rings (SSSR count). The van der Waals surface area contributed by atoms with E-state index in [1.54, 1.807) is 0 Å². The fourth-order valence-corrected chi connectivity index (χ4v) is 4.05. The quantitative estimate of drug-likeness (QED) is 0.699. The minimum atomic E-state index is 0.806. The fraction of sp³-hybridized carbons (Fsp3) is 0.867. The van der Waals surface area contributed by atoms with Crippen LogP contribution in [0.4, 0.5) is 0 Å². The van der Waals surface area contributed by atoms with Crippen molar-refractivity contribution >= 4 is 0 Å². The van der Waals surface area contributed by atoms with Gasteiger partial charge in [0.15, 0.2) is 0 Å². The highest BCUT2D eigenvalue weighted by atomic mass is 14.9. The van der Waals surface area contributed by atoms with Crippen molar-refractivity contribution in [3.8, 4) is 0 Å². The number of rotatable bonds is 2. The normalized spacial score (nSPS) is 39.2. The summed E-state index contributed by atoms with van der Waals surface area (Å²) in [7, 11) is 0. The Labute approximate surface area is 99.7 Å². The van der Waals surface area contributed by atoms with Gasteiger partial charge in [-0.1, -0.05) is 30.9 Å². The summed E-state index contributed by atoms with van der Waals surface area (Å²) in [5, 5.41) is 3.70. The molecule has 1 heterocycles. The highest BCUT2D eigenvalue weighted by Crippen LogP contribution is 2.44. The second kappa shape index (κ2) is 4.91. The lowest BCUT2D eigenvalue weighted by atomic mass is 9.77. The van der Waals surface area contributed by atoms with Crippen molar-refractivity contribution in [3.63, 3.8) is 0 Å². The first kappa shape index (κ1) is 10.8. The highest BCUT2D eigenvalue weighted by molar-refractivity contribution is 5.17. The van der Waals surface area contributed by atoms with Gasteiger partial charge in [0, 0.05) is 6.04 Å². The van der Waals surface area contributed by atoms with Crippen LogP contribution in [0.5, 0.6) is 0 Å². The number of fused-ring (bicyclic) bond motifs is 1. The summed E-state index contributed by atoms with van der Waals surface area (Å²) in [5.41, 5.74) is 1.82. The molecule has 2 fully saturated rings. The Bertz CT molecular complexity index is 263. The van der Waals surface area contributed by atoms with Crippen LogP contribution in [-0.4, -0.2) is 12.6 Å². The maximum absolute atomic E-state index is 3.70. The molecule has 3 unspecified atom stereocenters. The largest absolute Gasteiger partial charge is 0.314 e. The molecule has 16 heavy (non-hydrogen) atoms. The SMILES string of the molecule is C1=C(CC2CCCCN2)C2CCCCC2C1. The van der Waals surface area contributed by atoms with Gasteiger partial charge in [-0.15, -0.1) is 0 Å². The summed E-state index contributed by atoms with van der Waals surface area (Å²) < 4.78 is 0. The molecule has 0 aromatic rings. The molecule has 0 aromatic heterocycles. The lowest BCUT2D eigenvalue weighted by Crippen LogP contribution is -2.35. The maximum atomic E-state index is 3.70. The van der Waals surface area contributed by atoms with E-state index in [1.807, 2.05) is 5.57 Å². The highest BCUT2D eigenvalue weighted by Gasteiger charge is 2.32. The molecule has 0 aromatic carbocycles. The van der Waals surface area contributed by atoms with Crippen molar-refractivity contribution in [2.75, 3.05) is 6.54 Å². The van der Waals surface area contributed by atoms with E-state index >= 15 is 0 Å². The standard InChI is InChI=1S/C15H25N/c1-2-7-15-12(5-1)8-9-13(15)11-14-6-3-4-10-16-14/h9,12,14-16H,1-8,10-11H2. The molecule has 3 aliphatic rings. The Balaban J connectivity index is 1.57. The Morgan fingerprint density at radius 1 is 1.06 bits per heavy atom. The zero-order valence-corrected chi connectivity index (χ0v) is 10.4. The minimum absolute atomic E-state index is 0.806. The van der Waals surface area contributed by atoms with Gasteiger partial charge in [0.25, 0.3) is 0 Å². The molecule has 2 aliphatic carbocycles. The first-order valence-electron chi connectivity index (χ1n) is 7.36. The summed E-state index contributed by atoms with van der Waals surface area (Å²) in [6, 6.07) is 0.806. The van der Waals surface area contributed by atoms with Gasteiger partial charge >= 0.3 is 0 Å². The molecule has 1 aliphatic heterocycles. The summed E-state index contributed by atoms with van der Waals surface area (Å²) in [6.45, 7) is 1.26. The molecule has 0 bridgehead atoms. The number of hydrogen-bond donors (Lipinski definition) is 1. The lowest BCUT2D eigenvalue weighted by Gasteiger charge is -2.30. The average Bonchev–Trinajstić information content (AvgIpc) is 2.74. The lowest BCUT2D eigenvalue weighted by molar-refractivity contribution is 0.282. The van der Waals surface area contributed by atoms with Crippen LogP contribution in [0.2, 0.25) is 0 Å². The van der Waals surface area contributed by atoms with E-state index in [4.69, 9.17) is 0 Å². The molecule has 1 N–H and O–H groups in total. The summed E-state index contributed by atoms with van der Waals surface area (Å²) in [4.78, 5) is 0. The molecule has 1 saturated heterocycles. The zero-order valence-electron chi connectivity index (χ0n) is 10.4.